The smallest absolute Gasteiger partial charge is 0.241 e. The molecular formula is C22H26N2O4S. The van der Waals surface area contributed by atoms with Crippen molar-refractivity contribution in [2.24, 2.45) is 0 Å². The minimum atomic E-state index is -3.00. The molecule has 0 N–H and O–H groups in total. The Hall–Kier alpha value is -2.38. The fourth-order valence-electron chi connectivity index (χ4n) is 4.23. The average molecular weight is 415 g/mol. The van der Waals surface area contributed by atoms with Gasteiger partial charge in [0.2, 0.25) is 5.91 Å². The van der Waals surface area contributed by atoms with Crippen molar-refractivity contribution in [1.29, 1.82) is 0 Å². The van der Waals surface area contributed by atoms with Gasteiger partial charge in [-0.25, -0.2) is 8.42 Å². The molecule has 1 fully saturated rings. The summed E-state index contributed by atoms with van der Waals surface area (Å²) in [5.41, 5.74) is 1.77. The van der Waals surface area contributed by atoms with Crippen molar-refractivity contribution in [3.8, 4) is 5.75 Å². The van der Waals surface area contributed by atoms with Gasteiger partial charge in [0.1, 0.15) is 12.4 Å². The first kappa shape index (κ1) is 19.9. The first-order valence-corrected chi connectivity index (χ1v) is 11.8. The lowest BCUT2D eigenvalue weighted by atomic mass is 10.0. The number of nitrogens with zero attached hydrogens (tertiary/aromatic N) is 2. The first-order chi connectivity index (χ1) is 14.0. The molecular weight excluding hydrogens is 388 g/mol. The summed E-state index contributed by atoms with van der Waals surface area (Å²) in [4.78, 5) is 17.3. The van der Waals surface area contributed by atoms with Gasteiger partial charge < -0.3 is 4.74 Å². The molecule has 1 saturated heterocycles. The van der Waals surface area contributed by atoms with E-state index in [1.165, 1.54) is 0 Å². The van der Waals surface area contributed by atoms with Crippen LogP contribution in [0.5, 0.6) is 5.75 Å². The molecule has 2 aliphatic rings. The minimum absolute atomic E-state index is 0.0410. The van der Waals surface area contributed by atoms with Crippen LogP contribution in [0.1, 0.15) is 24.9 Å². The van der Waals surface area contributed by atoms with Crippen LogP contribution in [-0.2, 0) is 14.6 Å². The molecule has 2 heterocycles. The maximum atomic E-state index is 13.5. The third-order valence-electron chi connectivity index (χ3n) is 5.76. The van der Waals surface area contributed by atoms with Gasteiger partial charge in [0.25, 0.3) is 0 Å². The Morgan fingerprint density at radius 1 is 1.14 bits per heavy atom. The van der Waals surface area contributed by atoms with Crippen molar-refractivity contribution < 1.29 is 17.9 Å². The largest absolute Gasteiger partial charge is 0.489 e. The molecule has 0 unspecified atom stereocenters. The summed E-state index contributed by atoms with van der Waals surface area (Å²) in [5.74, 6) is 0.992. The van der Waals surface area contributed by atoms with Crippen LogP contribution in [0.25, 0.3) is 0 Å². The van der Waals surface area contributed by atoms with Gasteiger partial charge in [-0.2, -0.15) is 0 Å². The molecule has 0 aliphatic carbocycles. The van der Waals surface area contributed by atoms with Crippen molar-refractivity contribution in [2.45, 2.75) is 25.4 Å². The minimum Gasteiger partial charge on any atom is -0.489 e. The highest BCUT2D eigenvalue weighted by Crippen LogP contribution is 2.39. The molecule has 0 bridgehead atoms. The Labute approximate surface area is 172 Å². The second-order valence-corrected chi connectivity index (χ2v) is 9.82. The molecule has 2 aromatic carbocycles. The van der Waals surface area contributed by atoms with E-state index in [1.54, 1.807) is 0 Å². The van der Waals surface area contributed by atoms with Crippen LogP contribution in [-0.4, -0.2) is 56.5 Å². The summed E-state index contributed by atoms with van der Waals surface area (Å²) in [6.07, 6.45) is 0.589. The third kappa shape index (κ3) is 4.16. The number of fused-ring (bicyclic) bond motifs is 1. The lowest BCUT2D eigenvalue weighted by molar-refractivity contribution is -0.121. The quantitative estimate of drug-likeness (QED) is 0.753. The Bertz CT molecular complexity index is 977. The Morgan fingerprint density at radius 3 is 2.55 bits per heavy atom. The van der Waals surface area contributed by atoms with Gasteiger partial charge in [0, 0.05) is 6.04 Å². The van der Waals surface area contributed by atoms with Crippen molar-refractivity contribution in [3.05, 3.63) is 60.2 Å². The van der Waals surface area contributed by atoms with Gasteiger partial charge in [-0.05, 0) is 30.7 Å². The van der Waals surface area contributed by atoms with E-state index in [0.29, 0.717) is 25.3 Å². The van der Waals surface area contributed by atoms with E-state index >= 15 is 0 Å². The van der Waals surface area contributed by atoms with E-state index in [4.69, 9.17) is 4.74 Å². The van der Waals surface area contributed by atoms with Crippen LogP contribution in [0.2, 0.25) is 0 Å². The third-order valence-corrected chi connectivity index (χ3v) is 7.51. The van der Waals surface area contributed by atoms with E-state index in [-0.39, 0.29) is 36.0 Å². The Kier molecular flexibility index (Phi) is 5.61. The highest BCUT2D eigenvalue weighted by Gasteiger charge is 2.37. The molecule has 29 heavy (non-hydrogen) atoms. The monoisotopic (exact) mass is 414 g/mol. The summed E-state index contributed by atoms with van der Waals surface area (Å²) in [7, 11) is -3.00. The standard InChI is InChI=1S/C22H26N2O4S/c1-2-23(18-12-13-29(26,27)16-18)14-22(25)24-19-10-6-7-11-21(19)28-15-20(24)17-8-4-3-5-9-17/h3-11,18,20H,2,12-16H2,1H3/t18-,20+/m0/s1. The second-order valence-electron chi connectivity index (χ2n) is 7.59. The molecule has 2 aromatic rings. The van der Waals surface area contributed by atoms with E-state index in [9.17, 15) is 13.2 Å². The average Bonchev–Trinajstić information content (AvgIpc) is 3.11. The highest BCUT2D eigenvalue weighted by atomic mass is 32.2. The molecule has 2 atom stereocenters. The number of sulfone groups is 1. The number of hydrogen-bond acceptors (Lipinski definition) is 5. The van der Waals surface area contributed by atoms with Crippen LogP contribution < -0.4 is 9.64 Å². The van der Waals surface area contributed by atoms with Crippen molar-refractivity contribution in [2.75, 3.05) is 36.1 Å². The Morgan fingerprint density at radius 2 is 1.86 bits per heavy atom. The molecule has 1 amide bonds. The summed E-state index contributed by atoms with van der Waals surface area (Å²) < 4.78 is 29.8. The number of ether oxygens (including phenoxy) is 1. The van der Waals surface area contributed by atoms with Crippen LogP contribution in [0.4, 0.5) is 5.69 Å². The van der Waals surface area contributed by atoms with Gasteiger partial charge in [0.15, 0.2) is 9.84 Å². The van der Waals surface area contributed by atoms with Gasteiger partial charge in [-0.15, -0.1) is 0 Å². The molecule has 0 spiro atoms. The van der Waals surface area contributed by atoms with Crippen LogP contribution in [0.15, 0.2) is 54.6 Å². The van der Waals surface area contributed by atoms with Gasteiger partial charge >= 0.3 is 0 Å². The fourth-order valence-corrected chi connectivity index (χ4v) is 5.99. The van der Waals surface area contributed by atoms with Gasteiger partial charge in [-0.1, -0.05) is 49.4 Å². The van der Waals surface area contributed by atoms with Crippen molar-refractivity contribution in [3.63, 3.8) is 0 Å². The topological polar surface area (TPSA) is 66.9 Å². The molecule has 154 valence electrons. The highest BCUT2D eigenvalue weighted by molar-refractivity contribution is 7.91. The molecule has 2 aliphatic heterocycles. The zero-order valence-corrected chi connectivity index (χ0v) is 17.3. The number of amides is 1. The first-order valence-electron chi connectivity index (χ1n) is 10.0. The maximum Gasteiger partial charge on any atom is 0.241 e. The summed E-state index contributed by atoms with van der Waals surface area (Å²) in [6, 6.07) is 17.1. The Balaban J connectivity index is 1.62. The zero-order chi connectivity index (χ0) is 20.4. The van der Waals surface area contributed by atoms with Gasteiger partial charge in [-0.3, -0.25) is 14.6 Å². The van der Waals surface area contributed by atoms with E-state index < -0.39 is 9.84 Å². The number of anilines is 1. The zero-order valence-electron chi connectivity index (χ0n) is 16.5. The van der Waals surface area contributed by atoms with Gasteiger partial charge in [0.05, 0.1) is 29.8 Å². The molecule has 6 nitrogen and oxygen atoms in total. The number of carbonyl (C=O) groups is 1. The predicted molar refractivity (Wildman–Crippen MR) is 113 cm³/mol. The molecule has 0 saturated carbocycles. The number of likely N-dealkylation sites (N-methyl/N-ethyl adjacent to an activating group) is 1. The number of para-hydroxylation sites is 2. The normalized spacial score (nSPS) is 22.9. The van der Waals surface area contributed by atoms with E-state index in [2.05, 4.69) is 0 Å². The summed E-state index contributed by atoms with van der Waals surface area (Å²) in [6.45, 7) is 3.18. The van der Waals surface area contributed by atoms with Crippen LogP contribution in [0, 0.1) is 0 Å². The lowest BCUT2D eigenvalue weighted by Gasteiger charge is -2.39. The van der Waals surface area contributed by atoms with Crippen LogP contribution >= 0.6 is 0 Å². The fraction of sp³-hybridized carbons (Fsp3) is 0.409. The predicted octanol–water partition coefficient (Wildman–Crippen LogP) is 2.66. The second kappa shape index (κ2) is 8.16. The summed E-state index contributed by atoms with van der Waals surface area (Å²) >= 11 is 0. The molecule has 4 rings (SSSR count). The lowest BCUT2D eigenvalue weighted by Crippen LogP contribution is -2.48. The van der Waals surface area contributed by atoms with E-state index in [1.807, 2.05) is 71.3 Å². The van der Waals surface area contributed by atoms with E-state index in [0.717, 1.165) is 11.3 Å². The molecule has 0 radical (unpaired) electrons. The summed E-state index contributed by atoms with van der Waals surface area (Å²) in [5, 5.41) is 0. The molecule has 0 aromatic heterocycles. The SMILES string of the molecule is CCN(CC(=O)N1c2ccccc2OC[C@@H]1c1ccccc1)[C@H]1CCS(=O)(=O)C1. The number of rotatable bonds is 5. The number of hydrogen-bond donors (Lipinski definition) is 0. The van der Waals surface area contributed by atoms with Crippen LogP contribution in [0.3, 0.4) is 0 Å². The van der Waals surface area contributed by atoms with Crippen molar-refractivity contribution in [1.82, 2.24) is 4.90 Å². The number of benzene rings is 2. The maximum absolute atomic E-state index is 13.5. The van der Waals surface area contributed by atoms with Crippen molar-refractivity contribution >= 4 is 21.4 Å². The molecule has 7 heteroatoms. The number of carbonyl (C=O) groups excluding carboxylic acids is 1.